The van der Waals surface area contributed by atoms with Crippen molar-refractivity contribution in [1.82, 2.24) is 9.97 Å². The molecule has 1 N–H and O–H groups in total. The minimum atomic E-state index is -0.353. The summed E-state index contributed by atoms with van der Waals surface area (Å²) < 4.78 is 32.4. The van der Waals surface area contributed by atoms with Crippen LogP contribution in [0.2, 0.25) is 5.02 Å². The standard InChI is InChI=1S/C25H16ClF2N3O/c26-23-13-22(9-10-24(23)32-15-18-4-2-6-21(28)12-18)31-25-19(14-29-16-30-25)8-7-17-3-1-5-20(27)11-17/h1-6,9-14,16H,15H2,(H,29,30,31). The van der Waals surface area contributed by atoms with Gasteiger partial charge in [-0.05, 0) is 54.1 Å². The van der Waals surface area contributed by atoms with Gasteiger partial charge in [0.1, 0.15) is 36.1 Å². The molecule has 3 aromatic carbocycles. The van der Waals surface area contributed by atoms with Gasteiger partial charge in [0.15, 0.2) is 0 Å². The molecule has 0 radical (unpaired) electrons. The second-order valence-electron chi connectivity index (χ2n) is 6.73. The van der Waals surface area contributed by atoms with Crippen molar-refractivity contribution in [2.24, 2.45) is 0 Å². The molecular weight excluding hydrogens is 432 g/mol. The van der Waals surface area contributed by atoms with Crippen molar-refractivity contribution in [3.05, 3.63) is 113 Å². The third-order valence-corrected chi connectivity index (χ3v) is 4.65. The monoisotopic (exact) mass is 447 g/mol. The molecule has 0 bridgehead atoms. The normalized spacial score (nSPS) is 10.2. The van der Waals surface area contributed by atoms with Crippen molar-refractivity contribution < 1.29 is 13.5 Å². The predicted octanol–water partition coefficient (Wildman–Crippen LogP) is 6.13. The van der Waals surface area contributed by atoms with Crippen LogP contribution in [0.4, 0.5) is 20.3 Å². The lowest BCUT2D eigenvalue weighted by molar-refractivity contribution is 0.306. The lowest BCUT2D eigenvalue weighted by atomic mass is 10.2. The molecule has 4 nitrogen and oxygen atoms in total. The van der Waals surface area contributed by atoms with Gasteiger partial charge in [0.05, 0.1) is 10.6 Å². The number of nitrogens with zero attached hydrogens (tertiary/aromatic N) is 2. The Balaban J connectivity index is 1.48. The highest BCUT2D eigenvalue weighted by atomic mass is 35.5. The van der Waals surface area contributed by atoms with Crippen molar-refractivity contribution in [3.63, 3.8) is 0 Å². The highest BCUT2D eigenvalue weighted by Gasteiger charge is 2.07. The average molecular weight is 448 g/mol. The van der Waals surface area contributed by atoms with Crippen molar-refractivity contribution in [2.75, 3.05) is 5.32 Å². The van der Waals surface area contributed by atoms with Crippen LogP contribution in [0.5, 0.6) is 5.75 Å². The van der Waals surface area contributed by atoms with Crippen LogP contribution < -0.4 is 10.1 Å². The molecular formula is C25H16ClF2N3O. The molecule has 1 heterocycles. The summed E-state index contributed by atoms with van der Waals surface area (Å²) in [6.45, 7) is 0.190. The molecule has 0 fully saturated rings. The Morgan fingerprint density at radius 3 is 2.53 bits per heavy atom. The second kappa shape index (κ2) is 9.90. The quantitative estimate of drug-likeness (QED) is 0.374. The lowest BCUT2D eigenvalue weighted by Crippen LogP contribution is -1.99. The Morgan fingerprint density at radius 1 is 0.938 bits per heavy atom. The molecule has 0 aliphatic carbocycles. The van der Waals surface area contributed by atoms with Crippen molar-refractivity contribution >= 4 is 23.1 Å². The average Bonchev–Trinajstić information content (AvgIpc) is 2.78. The van der Waals surface area contributed by atoms with Crippen LogP contribution in [-0.4, -0.2) is 9.97 Å². The SMILES string of the molecule is Fc1cccc(C#Cc2cncnc2Nc2ccc(OCc3cccc(F)c3)c(Cl)c2)c1. The Hall–Kier alpha value is -3.95. The van der Waals surface area contributed by atoms with Gasteiger partial charge in [-0.1, -0.05) is 41.6 Å². The van der Waals surface area contributed by atoms with Crippen LogP contribution in [0.3, 0.4) is 0 Å². The fraction of sp³-hybridized carbons (Fsp3) is 0.0400. The number of aromatic nitrogens is 2. The van der Waals surface area contributed by atoms with Crippen molar-refractivity contribution in [2.45, 2.75) is 6.61 Å². The molecule has 0 spiro atoms. The van der Waals surface area contributed by atoms with E-state index in [1.165, 1.54) is 30.6 Å². The topological polar surface area (TPSA) is 47.0 Å². The summed E-state index contributed by atoms with van der Waals surface area (Å²) in [4.78, 5) is 8.24. The number of benzene rings is 3. The van der Waals surface area contributed by atoms with Crippen LogP contribution in [0.1, 0.15) is 16.7 Å². The minimum absolute atomic E-state index is 0.190. The summed E-state index contributed by atoms with van der Waals surface area (Å²) in [5.74, 6) is 6.13. The predicted molar refractivity (Wildman–Crippen MR) is 120 cm³/mol. The molecule has 4 aromatic rings. The summed E-state index contributed by atoms with van der Waals surface area (Å²) in [5, 5.41) is 3.53. The summed E-state index contributed by atoms with van der Waals surface area (Å²) in [7, 11) is 0. The molecule has 0 saturated heterocycles. The molecule has 0 aliphatic rings. The van der Waals surface area contributed by atoms with Crippen LogP contribution in [0.15, 0.2) is 79.3 Å². The molecule has 0 amide bonds. The van der Waals surface area contributed by atoms with E-state index in [9.17, 15) is 8.78 Å². The lowest BCUT2D eigenvalue weighted by Gasteiger charge is -2.11. The number of ether oxygens (including phenoxy) is 1. The molecule has 7 heteroatoms. The second-order valence-corrected chi connectivity index (χ2v) is 7.14. The van der Waals surface area contributed by atoms with Gasteiger partial charge in [0, 0.05) is 17.4 Å². The molecule has 0 unspecified atom stereocenters. The van der Waals surface area contributed by atoms with Crippen LogP contribution in [-0.2, 0) is 6.61 Å². The number of hydrogen-bond donors (Lipinski definition) is 1. The Morgan fingerprint density at radius 2 is 1.75 bits per heavy atom. The van der Waals surface area contributed by atoms with E-state index in [0.717, 1.165) is 0 Å². The van der Waals surface area contributed by atoms with Gasteiger partial charge in [-0.15, -0.1) is 0 Å². The summed E-state index contributed by atoms with van der Waals surface area (Å²) >= 11 is 6.35. The molecule has 0 atom stereocenters. The first-order valence-corrected chi connectivity index (χ1v) is 9.96. The zero-order chi connectivity index (χ0) is 22.3. The van der Waals surface area contributed by atoms with E-state index in [-0.39, 0.29) is 18.2 Å². The smallest absolute Gasteiger partial charge is 0.149 e. The summed E-state index contributed by atoms with van der Waals surface area (Å²) in [6, 6.07) is 17.4. The zero-order valence-corrected chi connectivity index (χ0v) is 17.4. The van der Waals surface area contributed by atoms with Gasteiger partial charge in [-0.25, -0.2) is 18.7 Å². The Bertz CT molecular complexity index is 1320. The van der Waals surface area contributed by atoms with Crippen LogP contribution in [0.25, 0.3) is 0 Å². The van der Waals surface area contributed by atoms with E-state index in [2.05, 4.69) is 27.1 Å². The number of hydrogen-bond acceptors (Lipinski definition) is 4. The molecule has 32 heavy (non-hydrogen) atoms. The molecule has 0 aliphatic heterocycles. The zero-order valence-electron chi connectivity index (χ0n) is 16.6. The van der Waals surface area contributed by atoms with E-state index in [1.807, 2.05) is 0 Å². The first kappa shape index (κ1) is 21.3. The number of anilines is 2. The van der Waals surface area contributed by atoms with E-state index in [1.54, 1.807) is 48.7 Å². The fourth-order valence-corrected chi connectivity index (χ4v) is 3.08. The third-order valence-electron chi connectivity index (χ3n) is 4.36. The van der Waals surface area contributed by atoms with Gasteiger partial charge in [0.2, 0.25) is 0 Å². The van der Waals surface area contributed by atoms with Crippen LogP contribution in [0, 0.1) is 23.5 Å². The molecule has 4 rings (SSSR count). The number of nitrogens with one attached hydrogen (secondary N) is 1. The van der Waals surface area contributed by atoms with Gasteiger partial charge in [-0.3, -0.25) is 0 Å². The molecule has 1 aromatic heterocycles. The van der Waals surface area contributed by atoms with Crippen molar-refractivity contribution in [3.8, 4) is 17.6 Å². The third kappa shape index (κ3) is 5.60. The van der Waals surface area contributed by atoms with E-state index < -0.39 is 0 Å². The molecule has 158 valence electrons. The Kier molecular flexibility index (Phi) is 6.59. The van der Waals surface area contributed by atoms with Gasteiger partial charge < -0.3 is 10.1 Å². The van der Waals surface area contributed by atoms with Crippen LogP contribution >= 0.6 is 11.6 Å². The highest BCUT2D eigenvalue weighted by Crippen LogP contribution is 2.30. The van der Waals surface area contributed by atoms with E-state index in [0.29, 0.717) is 39.0 Å². The highest BCUT2D eigenvalue weighted by molar-refractivity contribution is 6.32. The fourth-order valence-electron chi connectivity index (χ4n) is 2.85. The largest absolute Gasteiger partial charge is 0.487 e. The summed E-state index contributed by atoms with van der Waals surface area (Å²) in [6.07, 6.45) is 2.97. The van der Waals surface area contributed by atoms with Gasteiger partial charge in [-0.2, -0.15) is 0 Å². The maximum Gasteiger partial charge on any atom is 0.149 e. The maximum atomic E-state index is 13.4. The molecule has 0 saturated carbocycles. The van der Waals surface area contributed by atoms with E-state index in [4.69, 9.17) is 16.3 Å². The first-order chi connectivity index (χ1) is 15.6. The first-order valence-electron chi connectivity index (χ1n) is 9.58. The summed E-state index contributed by atoms with van der Waals surface area (Å²) in [5.41, 5.74) is 2.45. The van der Waals surface area contributed by atoms with Gasteiger partial charge in [0.25, 0.3) is 0 Å². The number of rotatable bonds is 5. The Labute approximate surface area is 188 Å². The minimum Gasteiger partial charge on any atom is -0.487 e. The maximum absolute atomic E-state index is 13.4. The number of halogens is 3. The van der Waals surface area contributed by atoms with Gasteiger partial charge >= 0.3 is 0 Å². The van der Waals surface area contributed by atoms with E-state index >= 15 is 0 Å². The van der Waals surface area contributed by atoms with Crippen molar-refractivity contribution in [1.29, 1.82) is 0 Å².